The lowest BCUT2D eigenvalue weighted by Gasteiger charge is -2.22. The Kier molecular flexibility index (Phi) is 8.95. The predicted octanol–water partition coefficient (Wildman–Crippen LogP) is 2.66. The molecule has 0 saturated carbocycles. The van der Waals surface area contributed by atoms with Gasteiger partial charge < -0.3 is 21.1 Å². The van der Waals surface area contributed by atoms with Gasteiger partial charge in [-0.05, 0) is 41.0 Å². The third kappa shape index (κ3) is 8.26. The zero-order chi connectivity index (χ0) is 25.2. The van der Waals surface area contributed by atoms with Gasteiger partial charge >= 0.3 is 0 Å². The molecule has 0 aliphatic carbocycles. The molecule has 0 unspecified atom stereocenters. The molecule has 3 rings (SSSR count). The number of rotatable bonds is 11. The highest BCUT2D eigenvalue weighted by Crippen LogP contribution is 2.16. The first kappa shape index (κ1) is 25.4. The number of amides is 3. The van der Waals surface area contributed by atoms with Crippen molar-refractivity contribution in [2.24, 2.45) is 5.73 Å². The van der Waals surface area contributed by atoms with Crippen LogP contribution in [0.25, 0.3) is 0 Å². The summed E-state index contributed by atoms with van der Waals surface area (Å²) in [6.07, 6.45) is 0.217. The molecular formula is C27H28FN3O4. The van der Waals surface area contributed by atoms with Crippen molar-refractivity contribution in [1.82, 2.24) is 10.6 Å². The van der Waals surface area contributed by atoms with Crippen LogP contribution in [0.3, 0.4) is 0 Å². The van der Waals surface area contributed by atoms with E-state index in [0.29, 0.717) is 17.9 Å². The van der Waals surface area contributed by atoms with Gasteiger partial charge in [0.1, 0.15) is 30.3 Å². The zero-order valence-electron chi connectivity index (χ0n) is 19.4. The molecule has 2 atom stereocenters. The Labute approximate surface area is 203 Å². The Morgan fingerprint density at radius 3 is 2.11 bits per heavy atom. The normalized spacial score (nSPS) is 12.3. The van der Waals surface area contributed by atoms with E-state index in [2.05, 4.69) is 10.6 Å². The summed E-state index contributed by atoms with van der Waals surface area (Å²) in [5.74, 6) is -1.51. The predicted molar refractivity (Wildman–Crippen MR) is 130 cm³/mol. The van der Waals surface area contributed by atoms with Crippen LogP contribution in [0.15, 0.2) is 78.9 Å². The van der Waals surface area contributed by atoms with E-state index in [1.54, 1.807) is 30.3 Å². The highest BCUT2D eigenvalue weighted by Gasteiger charge is 2.25. The lowest BCUT2D eigenvalue weighted by atomic mass is 10.0. The number of carbonyl (C=O) groups excluding carboxylic acids is 3. The van der Waals surface area contributed by atoms with Gasteiger partial charge in [0.05, 0.1) is 0 Å². The molecule has 8 heteroatoms. The third-order valence-corrected chi connectivity index (χ3v) is 5.29. The van der Waals surface area contributed by atoms with Gasteiger partial charge in [0, 0.05) is 19.8 Å². The maximum atomic E-state index is 13.5. The Morgan fingerprint density at radius 2 is 1.49 bits per heavy atom. The molecule has 0 saturated heterocycles. The molecular weight excluding hydrogens is 449 g/mol. The summed E-state index contributed by atoms with van der Waals surface area (Å²) >= 11 is 0. The van der Waals surface area contributed by atoms with Crippen molar-refractivity contribution in [2.75, 3.05) is 0 Å². The van der Waals surface area contributed by atoms with E-state index in [-0.39, 0.29) is 12.8 Å². The highest BCUT2D eigenvalue weighted by molar-refractivity contribution is 5.91. The van der Waals surface area contributed by atoms with E-state index in [4.69, 9.17) is 10.5 Å². The lowest BCUT2D eigenvalue weighted by Crippen LogP contribution is -2.54. The van der Waals surface area contributed by atoms with E-state index in [1.807, 2.05) is 30.3 Å². The summed E-state index contributed by atoms with van der Waals surface area (Å²) in [6, 6.07) is 20.7. The monoisotopic (exact) mass is 477 g/mol. The molecule has 0 aliphatic rings. The van der Waals surface area contributed by atoms with Crippen LogP contribution < -0.4 is 21.1 Å². The van der Waals surface area contributed by atoms with Gasteiger partial charge in [-0.25, -0.2) is 4.39 Å². The first-order chi connectivity index (χ1) is 16.8. The van der Waals surface area contributed by atoms with Crippen LogP contribution in [0.5, 0.6) is 5.75 Å². The van der Waals surface area contributed by atoms with Crippen molar-refractivity contribution in [3.05, 3.63) is 101 Å². The molecule has 7 nitrogen and oxygen atoms in total. The molecule has 0 heterocycles. The number of primary amides is 1. The summed E-state index contributed by atoms with van der Waals surface area (Å²) in [7, 11) is 0. The maximum Gasteiger partial charge on any atom is 0.243 e. The second-order valence-electron chi connectivity index (χ2n) is 8.17. The molecule has 182 valence electrons. The van der Waals surface area contributed by atoms with Crippen molar-refractivity contribution in [3.63, 3.8) is 0 Å². The maximum absolute atomic E-state index is 13.5. The molecule has 0 fully saturated rings. The quantitative estimate of drug-likeness (QED) is 0.394. The van der Waals surface area contributed by atoms with E-state index >= 15 is 0 Å². The zero-order valence-corrected chi connectivity index (χ0v) is 19.4. The van der Waals surface area contributed by atoms with E-state index in [1.165, 1.54) is 25.1 Å². The van der Waals surface area contributed by atoms with Gasteiger partial charge in [-0.15, -0.1) is 0 Å². The van der Waals surface area contributed by atoms with Crippen LogP contribution in [0, 0.1) is 5.82 Å². The Balaban J connectivity index is 1.62. The fourth-order valence-electron chi connectivity index (χ4n) is 3.55. The Hall–Kier alpha value is -4.20. The van der Waals surface area contributed by atoms with Gasteiger partial charge in [-0.2, -0.15) is 0 Å². The fraction of sp³-hybridized carbons (Fsp3) is 0.222. The third-order valence-electron chi connectivity index (χ3n) is 5.29. The average molecular weight is 478 g/mol. The van der Waals surface area contributed by atoms with Crippen LogP contribution in [-0.4, -0.2) is 29.8 Å². The summed E-state index contributed by atoms with van der Waals surface area (Å²) in [5, 5.41) is 5.16. The van der Waals surface area contributed by atoms with Gasteiger partial charge in [0.25, 0.3) is 0 Å². The van der Waals surface area contributed by atoms with Crippen LogP contribution >= 0.6 is 0 Å². The first-order valence-electron chi connectivity index (χ1n) is 11.2. The minimum absolute atomic E-state index is 0.0576. The van der Waals surface area contributed by atoms with Crippen molar-refractivity contribution in [2.45, 2.75) is 38.5 Å². The summed E-state index contributed by atoms with van der Waals surface area (Å²) in [6.45, 7) is 1.70. The van der Waals surface area contributed by atoms with Crippen LogP contribution in [-0.2, 0) is 33.8 Å². The SMILES string of the molecule is CC(=O)N[C@@H](Cc1cccc(F)c1)C(=O)N[C@H](Cc1ccc(OCc2ccccc2)cc1)C(N)=O. The first-order valence-corrected chi connectivity index (χ1v) is 11.2. The van der Waals surface area contributed by atoms with Crippen LogP contribution in [0.4, 0.5) is 4.39 Å². The topological polar surface area (TPSA) is 111 Å². The molecule has 0 aliphatic heterocycles. The van der Waals surface area contributed by atoms with Crippen molar-refractivity contribution in [3.8, 4) is 5.75 Å². The number of nitrogens with two attached hydrogens (primary N) is 1. The molecule has 3 amide bonds. The van der Waals surface area contributed by atoms with Gasteiger partial charge in [0.2, 0.25) is 17.7 Å². The molecule has 35 heavy (non-hydrogen) atoms. The van der Waals surface area contributed by atoms with E-state index in [0.717, 1.165) is 11.1 Å². The smallest absolute Gasteiger partial charge is 0.243 e. The number of nitrogens with one attached hydrogen (secondary N) is 2. The van der Waals surface area contributed by atoms with Crippen LogP contribution in [0.1, 0.15) is 23.6 Å². The van der Waals surface area contributed by atoms with E-state index in [9.17, 15) is 18.8 Å². The minimum atomic E-state index is -0.998. The van der Waals surface area contributed by atoms with Crippen molar-refractivity contribution in [1.29, 1.82) is 0 Å². The number of hydrogen-bond acceptors (Lipinski definition) is 4. The summed E-state index contributed by atoms with van der Waals surface area (Å²) in [4.78, 5) is 36.6. The number of ether oxygens (including phenoxy) is 1. The van der Waals surface area contributed by atoms with Gasteiger partial charge in [-0.1, -0.05) is 54.6 Å². The molecule has 0 bridgehead atoms. The summed E-state index contributed by atoms with van der Waals surface area (Å²) < 4.78 is 19.3. The minimum Gasteiger partial charge on any atom is -0.489 e. The van der Waals surface area contributed by atoms with Crippen molar-refractivity contribution >= 4 is 17.7 Å². The van der Waals surface area contributed by atoms with Crippen molar-refractivity contribution < 1.29 is 23.5 Å². The average Bonchev–Trinajstić information content (AvgIpc) is 2.83. The second kappa shape index (κ2) is 12.3. The van der Waals surface area contributed by atoms with Gasteiger partial charge in [-0.3, -0.25) is 14.4 Å². The van der Waals surface area contributed by atoms with E-state index < -0.39 is 35.6 Å². The summed E-state index contributed by atoms with van der Waals surface area (Å²) in [5.41, 5.74) is 7.87. The van der Waals surface area contributed by atoms with Crippen LogP contribution in [0.2, 0.25) is 0 Å². The highest BCUT2D eigenvalue weighted by atomic mass is 19.1. The number of carbonyl (C=O) groups is 3. The molecule has 4 N–H and O–H groups in total. The largest absolute Gasteiger partial charge is 0.489 e. The molecule has 3 aromatic rings. The number of benzene rings is 3. The fourth-order valence-corrected chi connectivity index (χ4v) is 3.55. The lowest BCUT2D eigenvalue weighted by molar-refractivity contribution is -0.130. The van der Waals surface area contributed by atoms with Gasteiger partial charge in [0.15, 0.2) is 0 Å². The molecule has 3 aromatic carbocycles. The second-order valence-corrected chi connectivity index (χ2v) is 8.17. The number of halogens is 1. The molecule has 0 spiro atoms. The standard InChI is InChI=1S/C27H28FN3O4/c1-18(32)30-25(16-21-8-5-9-22(28)14-21)27(34)31-24(26(29)33)15-19-10-12-23(13-11-19)35-17-20-6-3-2-4-7-20/h2-14,24-25H,15-17H2,1H3,(H2,29,33)(H,30,32)(H,31,34)/t24-,25+/m1/s1. The molecule has 0 aromatic heterocycles. The Bertz CT molecular complexity index is 1150. The molecule has 0 radical (unpaired) electrons. The Morgan fingerprint density at radius 1 is 0.829 bits per heavy atom. The number of hydrogen-bond donors (Lipinski definition) is 3.